The molecule has 3 aromatic rings. The lowest BCUT2D eigenvalue weighted by Gasteiger charge is -2.08. The molecular formula is C19H11ClF3N3O2S. The molecule has 1 aliphatic heterocycles. The fourth-order valence-corrected chi connectivity index (χ4v) is 4.02. The topological polar surface area (TPSA) is 74.6 Å². The van der Waals surface area contributed by atoms with Gasteiger partial charge in [-0.2, -0.15) is 18.2 Å². The van der Waals surface area contributed by atoms with Crippen LogP contribution in [0.4, 0.5) is 24.0 Å². The minimum absolute atomic E-state index is 0.135. The van der Waals surface area contributed by atoms with Gasteiger partial charge in [0.1, 0.15) is 4.88 Å². The van der Waals surface area contributed by atoms with Gasteiger partial charge >= 0.3 is 6.18 Å². The van der Waals surface area contributed by atoms with Crippen molar-refractivity contribution in [2.24, 2.45) is 4.99 Å². The number of thiazole rings is 1. The third-order valence-corrected chi connectivity index (χ3v) is 5.73. The van der Waals surface area contributed by atoms with E-state index < -0.39 is 23.5 Å². The third-order valence-electron chi connectivity index (χ3n) is 4.34. The maximum absolute atomic E-state index is 12.9. The van der Waals surface area contributed by atoms with Gasteiger partial charge in [0.2, 0.25) is 5.88 Å². The molecule has 0 unspecified atom stereocenters. The van der Waals surface area contributed by atoms with Crippen molar-refractivity contribution >= 4 is 45.2 Å². The minimum atomic E-state index is -4.48. The smallest absolute Gasteiger partial charge is 0.416 e. The first kappa shape index (κ1) is 19.4. The first-order chi connectivity index (χ1) is 13.6. The van der Waals surface area contributed by atoms with E-state index in [1.54, 1.807) is 19.1 Å². The Kier molecular flexibility index (Phi) is 4.59. The summed E-state index contributed by atoms with van der Waals surface area (Å²) in [5, 5.41) is 14.5. The predicted molar refractivity (Wildman–Crippen MR) is 103 cm³/mol. The molecule has 0 spiro atoms. The van der Waals surface area contributed by atoms with E-state index >= 15 is 0 Å². The molecule has 0 atom stereocenters. The molecule has 0 bridgehead atoms. The Hall–Kier alpha value is -2.91. The lowest BCUT2D eigenvalue weighted by Crippen LogP contribution is -2.26. The van der Waals surface area contributed by atoms with E-state index in [4.69, 9.17) is 11.6 Å². The van der Waals surface area contributed by atoms with Crippen LogP contribution in [-0.2, 0) is 11.0 Å². The van der Waals surface area contributed by atoms with E-state index in [0.717, 1.165) is 23.5 Å². The minimum Gasteiger partial charge on any atom is -0.492 e. The summed E-state index contributed by atoms with van der Waals surface area (Å²) in [5.74, 6) is -0.960. The van der Waals surface area contributed by atoms with E-state index in [-0.39, 0.29) is 21.3 Å². The van der Waals surface area contributed by atoms with Crippen LogP contribution in [0, 0.1) is 6.92 Å². The second-order valence-corrected chi connectivity index (χ2v) is 7.64. The number of hydrogen-bond donors (Lipinski definition) is 2. The fraction of sp³-hybridized carbons (Fsp3) is 0.105. The maximum atomic E-state index is 12.9. The molecule has 2 heterocycles. The summed E-state index contributed by atoms with van der Waals surface area (Å²) in [6, 6.07) is 7.85. The molecule has 2 N–H and O–H groups in total. The van der Waals surface area contributed by atoms with Gasteiger partial charge in [-0.25, -0.2) is 4.99 Å². The summed E-state index contributed by atoms with van der Waals surface area (Å²) < 4.78 is 38.6. The molecule has 0 fully saturated rings. The molecular weight excluding hydrogens is 427 g/mol. The van der Waals surface area contributed by atoms with Crippen molar-refractivity contribution in [3.05, 3.63) is 68.0 Å². The summed E-state index contributed by atoms with van der Waals surface area (Å²) in [6.45, 7) is 1.73. The van der Waals surface area contributed by atoms with E-state index in [0.29, 0.717) is 21.2 Å². The molecule has 1 amide bonds. The zero-order valence-corrected chi connectivity index (χ0v) is 16.2. The first-order valence-corrected chi connectivity index (χ1v) is 9.41. The van der Waals surface area contributed by atoms with Crippen LogP contribution >= 0.6 is 22.9 Å². The van der Waals surface area contributed by atoms with Crippen molar-refractivity contribution in [1.29, 1.82) is 0 Å². The third kappa shape index (κ3) is 3.47. The number of hydrogen-bond acceptors (Lipinski definition) is 5. The Morgan fingerprint density at radius 1 is 1.21 bits per heavy atom. The fourth-order valence-electron chi connectivity index (χ4n) is 2.94. The molecule has 10 heteroatoms. The molecule has 5 nitrogen and oxygen atoms in total. The van der Waals surface area contributed by atoms with Crippen LogP contribution in [0.3, 0.4) is 0 Å². The highest BCUT2D eigenvalue weighted by Gasteiger charge is 2.30. The average molecular weight is 438 g/mol. The number of carbonyl (C=O) groups excluding carboxylic acids is 1. The van der Waals surface area contributed by atoms with Gasteiger partial charge in [0, 0.05) is 15.9 Å². The van der Waals surface area contributed by atoms with Crippen molar-refractivity contribution in [2.45, 2.75) is 13.1 Å². The SMILES string of the molecule is Cc1c(Cl)ccc2c1=NC(=O)C=2c1sc(Nc2cccc(C(F)(F)F)c2)nc1O. The average Bonchev–Trinajstić information content (AvgIpc) is 3.17. The van der Waals surface area contributed by atoms with Gasteiger partial charge < -0.3 is 10.4 Å². The summed E-state index contributed by atoms with van der Waals surface area (Å²) >= 11 is 7.01. The Morgan fingerprint density at radius 2 is 1.97 bits per heavy atom. The van der Waals surface area contributed by atoms with Crippen molar-refractivity contribution < 1.29 is 23.1 Å². The Morgan fingerprint density at radius 3 is 2.69 bits per heavy atom. The Balaban J connectivity index is 1.76. The molecule has 1 aromatic heterocycles. The van der Waals surface area contributed by atoms with Crippen LogP contribution in [0.1, 0.15) is 16.0 Å². The highest BCUT2D eigenvalue weighted by Crippen LogP contribution is 2.36. The second-order valence-electron chi connectivity index (χ2n) is 6.24. The van der Waals surface area contributed by atoms with Crippen LogP contribution in [0.2, 0.25) is 5.02 Å². The molecule has 0 saturated carbocycles. The number of carbonyl (C=O) groups is 1. The van der Waals surface area contributed by atoms with Gasteiger partial charge in [0.05, 0.1) is 16.5 Å². The number of nitrogens with one attached hydrogen (secondary N) is 1. The zero-order chi connectivity index (χ0) is 20.9. The van der Waals surface area contributed by atoms with Crippen LogP contribution in [0.5, 0.6) is 5.88 Å². The maximum Gasteiger partial charge on any atom is 0.416 e. The van der Waals surface area contributed by atoms with Crippen LogP contribution in [-0.4, -0.2) is 16.0 Å². The Labute approximate surface area is 170 Å². The summed E-state index contributed by atoms with van der Waals surface area (Å²) in [6.07, 6.45) is -4.48. The standard InChI is InChI=1S/C19H11ClF3N3O2S/c1-8-12(20)6-5-11-13(16(27)25-14(8)11)15-17(28)26-18(29-15)24-10-4-2-3-9(7-10)19(21,22)23/h2-7,28H,1H3,(H,24,26). The summed E-state index contributed by atoms with van der Waals surface area (Å²) in [4.78, 5) is 20.6. The van der Waals surface area contributed by atoms with E-state index in [1.165, 1.54) is 12.1 Å². The number of amides is 1. The number of anilines is 2. The number of alkyl halides is 3. The van der Waals surface area contributed by atoms with Crippen LogP contribution in [0.25, 0.3) is 5.57 Å². The largest absolute Gasteiger partial charge is 0.492 e. The molecule has 0 aliphatic carbocycles. The molecule has 2 aromatic carbocycles. The lowest BCUT2D eigenvalue weighted by molar-refractivity contribution is -0.137. The lowest BCUT2D eigenvalue weighted by atomic mass is 10.1. The first-order valence-electron chi connectivity index (χ1n) is 8.22. The molecule has 4 rings (SSSR count). The highest BCUT2D eigenvalue weighted by atomic mass is 35.5. The molecule has 148 valence electrons. The quantitative estimate of drug-likeness (QED) is 0.651. The van der Waals surface area contributed by atoms with Crippen LogP contribution in [0.15, 0.2) is 41.4 Å². The monoisotopic (exact) mass is 437 g/mol. The van der Waals surface area contributed by atoms with Gasteiger partial charge in [-0.15, -0.1) is 0 Å². The van der Waals surface area contributed by atoms with Crippen molar-refractivity contribution in [3.63, 3.8) is 0 Å². The number of halogens is 4. The number of rotatable bonds is 3. The van der Waals surface area contributed by atoms with Gasteiger partial charge in [-0.05, 0) is 36.8 Å². The summed E-state index contributed by atoms with van der Waals surface area (Å²) in [7, 11) is 0. The van der Waals surface area contributed by atoms with E-state index in [9.17, 15) is 23.1 Å². The van der Waals surface area contributed by atoms with Crippen molar-refractivity contribution in [2.75, 3.05) is 5.32 Å². The normalized spacial score (nSPS) is 13.4. The zero-order valence-electron chi connectivity index (χ0n) is 14.6. The summed E-state index contributed by atoms with van der Waals surface area (Å²) in [5.41, 5.74) is 0.144. The Bertz CT molecular complexity index is 1280. The molecule has 0 radical (unpaired) electrons. The van der Waals surface area contributed by atoms with E-state index in [2.05, 4.69) is 15.3 Å². The number of fused-ring (bicyclic) bond motifs is 1. The van der Waals surface area contributed by atoms with Gasteiger partial charge in [0.25, 0.3) is 5.91 Å². The second kappa shape index (κ2) is 6.85. The highest BCUT2D eigenvalue weighted by molar-refractivity contribution is 7.17. The van der Waals surface area contributed by atoms with Crippen molar-refractivity contribution in [1.82, 2.24) is 4.98 Å². The van der Waals surface area contributed by atoms with Gasteiger partial charge in [-0.3, -0.25) is 4.79 Å². The van der Waals surface area contributed by atoms with E-state index in [1.807, 2.05) is 0 Å². The predicted octanol–water partition coefficient (Wildman–Crippen LogP) is 3.93. The number of aromatic nitrogens is 1. The molecule has 0 saturated heterocycles. The number of nitrogens with zero attached hydrogens (tertiary/aromatic N) is 2. The number of aromatic hydroxyl groups is 1. The van der Waals surface area contributed by atoms with Crippen molar-refractivity contribution in [3.8, 4) is 5.88 Å². The molecule has 29 heavy (non-hydrogen) atoms. The van der Waals surface area contributed by atoms with Gasteiger partial charge in [-0.1, -0.05) is 35.1 Å². The van der Waals surface area contributed by atoms with Gasteiger partial charge in [0.15, 0.2) is 5.13 Å². The van der Waals surface area contributed by atoms with Crippen LogP contribution < -0.4 is 15.9 Å². The molecule has 1 aliphatic rings. The number of benzene rings is 2.